The van der Waals surface area contributed by atoms with Gasteiger partial charge in [0.2, 0.25) is 0 Å². The van der Waals surface area contributed by atoms with Gasteiger partial charge in [-0.3, -0.25) is 14.6 Å². The number of ether oxygens (including phenoxy) is 4. The number of amides is 2. The van der Waals surface area contributed by atoms with Crippen molar-refractivity contribution >= 4 is 24.3 Å². The molecule has 0 aliphatic carbocycles. The maximum atomic E-state index is 12.1. The predicted molar refractivity (Wildman–Crippen MR) is 141 cm³/mol. The Morgan fingerprint density at radius 3 is 1.62 bits per heavy atom. The molecule has 2 heterocycles. The van der Waals surface area contributed by atoms with Gasteiger partial charge in [0.15, 0.2) is 12.1 Å². The van der Waals surface area contributed by atoms with E-state index < -0.39 is 35.8 Å². The van der Waals surface area contributed by atoms with E-state index in [2.05, 4.69) is 0 Å². The Balaban J connectivity index is 0.000000216. The van der Waals surface area contributed by atoms with Crippen LogP contribution in [0.4, 0.5) is 9.59 Å². The quantitative estimate of drug-likeness (QED) is 0.499. The number of carbonyl (C=O) groups excluding carboxylic acids is 4. The zero-order valence-corrected chi connectivity index (χ0v) is 23.0. The highest BCUT2D eigenvalue weighted by molar-refractivity contribution is 5.82. The van der Waals surface area contributed by atoms with Gasteiger partial charge in [0.1, 0.15) is 36.9 Å². The Bertz CT molecular complexity index is 1140. The van der Waals surface area contributed by atoms with Crippen LogP contribution in [0.5, 0.6) is 0 Å². The lowest BCUT2D eigenvalue weighted by molar-refractivity contribution is -0.133. The van der Waals surface area contributed by atoms with Gasteiger partial charge in [-0.15, -0.1) is 0 Å². The van der Waals surface area contributed by atoms with E-state index in [1.54, 1.807) is 27.7 Å². The first-order chi connectivity index (χ1) is 18.4. The van der Waals surface area contributed by atoms with Crippen LogP contribution in [0.15, 0.2) is 60.7 Å². The summed E-state index contributed by atoms with van der Waals surface area (Å²) in [4.78, 5) is 49.1. The molecule has 0 bridgehead atoms. The maximum absolute atomic E-state index is 12.1. The van der Waals surface area contributed by atoms with E-state index in [-0.39, 0.29) is 32.1 Å². The standard InChI is InChI=1S/C15H19NO4.C14H17NO4/c1-11(17)13-9-16(15(2,3)20-13)14(18)19-10-12-7-5-4-6-8-12;1-14(2)15(8-12(9-16)19-14)13(17)18-10-11-6-4-3-5-7-11/h4-8,13H,9-10H2,1-3H3;3-7,9,12H,8,10H2,1-2H3/t13-;12-/m00/s1. The van der Waals surface area contributed by atoms with Crippen molar-refractivity contribution in [2.24, 2.45) is 0 Å². The fraction of sp³-hybridized carbons (Fsp3) is 0.448. The molecule has 0 saturated carbocycles. The van der Waals surface area contributed by atoms with Crippen molar-refractivity contribution in [3.8, 4) is 0 Å². The van der Waals surface area contributed by atoms with Gasteiger partial charge >= 0.3 is 12.2 Å². The average molecular weight is 541 g/mol. The summed E-state index contributed by atoms with van der Waals surface area (Å²) in [5.41, 5.74) is 0.186. The van der Waals surface area contributed by atoms with E-state index in [0.29, 0.717) is 6.29 Å². The minimum absolute atomic E-state index is 0.0866. The third kappa shape index (κ3) is 8.11. The summed E-state index contributed by atoms with van der Waals surface area (Å²) < 4.78 is 21.5. The van der Waals surface area contributed by atoms with E-state index in [1.807, 2.05) is 60.7 Å². The molecule has 2 fully saturated rings. The monoisotopic (exact) mass is 540 g/mol. The van der Waals surface area contributed by atoms with Crippen LogP contribution in [0.25, 0.3) is 0 Å². The summed E-state index contributed by atoms with van der Waals surface area (Å²) >= 11 is 0. The summed E-state index contributed by atoms with van der Waals surface area (Å²) in [6.07, 6.45) is -1.40. The molecule has 2 aliphatic rings. The van der Waals surface area contributed by atoms with E-state index in [9.17, 15) is 19.2 Å². The van der Waals surface area contributed by atoms with Crippen LogP contribution in [0.2, 0.25) is 0 Å². The molecule has 0 aromatic heterocycles. The van der Waals surface area contributed by atoms with Gasteiger partial charge in [0.05, 0.1) is 13.1 Å². The normalized spacial score (nSPS) is 20.9. The summed E-state index contributed by atoms with van der Waals surface area (Å²) in [7, 11) is 0. The molecule has 210 valence electrons. The summed E-state index contributed by atoms with van der Waals surface area (Å²) in [6, 6.07) is 18.9. The highest BCUT2D eigenvalue weighted by Crippen LogP contribution is 2.28. The van der Waals surface area contributed by atoms with Crippen LogP contribution < -0.4 is 0 Å². The van der Waals surface area contributed by atoms with Crippen molar-refractivity contribution in [3.63, 3.8) is 0 Å². The van der Waals surface area contributed by atoms with Crippen LogP contribution in [0, 0.1) is 0 Å². The Morgan fingerprint density at radius 1 is 0.795 bits per heavy atom. The zero-order valence-electron chi connectivity index (χ0n) is 23.0. The first-order valence-electron chi connectivity index (χ1n) is 12.7. The molecule has 2 aliphatic heterocycles. The molecule has 0 spiro atoms. The summed E-state index contributed by atoms with van der Waals surface area (Å²) in [6.45, 7) is 9.30. The van der Waals surface area contributed by atoms with Gasteiger partial charge in [0, 0.05) is 0 Å². The second kappa shape index (κ2) is 12.9. The Labute approximate surface area is 228 Å². The smallest absolute Gasteiger partial charge is 0.412 e. The number of rotatable bonds is 6. The SMILES string of the molecule is CC(=O)[C@@H]1CN(C(=O)OCc2ccccc2)C(C)(C)O1.CC1(C)O[C@H](C=O)CN1C(=O)OCc1ccccc1. The van der Waals surface area contributed by atoms with Gasteiger partial charge in [0.25, 0.3) is 0 Å². The molecule has 39 heavy (non-hydrogen) atoms. The predicted octanol–water partition coefficient (Wildman–Crippen LogP) is 4.31. The van der Waals surface area contributed by atoms with Crippen molar-refractivity contribution in [3.05, 3.63) is 71.8 Å². The minimum atomic E-state index is -0.829. The lowest BCUT2D eigenvalue weighted by atomic mass is 10.2. The highest BCUT2D eigenvalue weighted by atomic mass is 16.6. The number of nitrogens with zero attached hydrogens (tertiary/aromatic N) is 2. The first-order valence-corrected chi connectivity index (χ1v) is 12.7. The second-order valence-electron chi connectivity index (χ2n) is 10.2. The number of carbonyl (C=O) groups is 4. The lowest BCUT2D eigenvalue weighted by Crippen LogP contribution is -2.43. The van der Waals surface area contributed by atoms with Gasteiger partial charge < -0.3 is 23.7 Å². The average Bonchev–Trinajstić information content (AvgIpc) is 3.42. The maximum Gasteiger partial charge on any atom is 0.412 e. The molecule has 10 heteroatoms. The minimum Gasteiger partial charge on any atom is -0.444 e. The number of Topliss-reactive ketones (excluding diaryl/α,β-unsaturated/α-hetero) is 1. The molecule has 10 nitrogen and oxygen atoms in total. The molecular formula is C29H36N2O8. The molecule has 4 rings (SSSR count). The molecular weight excluding hydrogens is 504 g/mol. The number of hydrogen-bond donors (Lipinski definition) is 0. The van der Waals surface area contributed by atoms with Crippen molar-refractivity contribution in [1.82, 2.24) is 9.80 Å². The van der Waals surface area contributed by atoms with Gasteiger partial charge in [-0.2, -0.15) is 0 Å². The van der Waals surface area contributed by atoms with E-state index >= 15 is 0 Å². The molecule has 2 saturated heterocycles. The van der Waals surface area contributed by atoms with Crippen molar-refractivity contribution < 1.29 is 38.1 Å². The molecule has 2 aromatic rings. The van der Waals surface area contributed by atoms with E-state index in [4.69, 9.17) is 18.9 Å². The Hall–Kier alpha value is -3.76. The fourth-order valence-corrected chi connectivity index (χ4v) is 4.17. The second-order valence-corrected chi connectivity index (χ2v) is 10.2. The van der Waals surface area contributed by atoms with Crippen molar-refractivity contribution in [1.29, 1.82) is 0 Å². The summed E-state index contributed by atoms with van der Waals surface area (Å²) in [5, 5.41) is 0. The highest BCUT2D eigenvalue weighted by Gasteiger charge is 2.45. The molecule has 2 amide bonds. The largest absolute Gasteiger partial charge is 0.444 e. The number of ketones is 1. The zero-order chi connectivity index (χ0) is 28.6. The van der Waals surface area contributed by atoms with Crippen LogP contribution >= 0.6 is 0 Å². The van der Waals surface area contributed by atoms with Crippen LogP contribution in [-0.4, -0.2) is 70.8 Å². The topological polar surface area (TPSA) is 112 Å². The third-order valence-corrected chi connectivity index (χ3v) is 6.34. The number of hydrogen-bond acceptors (Lipinski definition) is 8. The molecule has 2 atom stereocenters. The van der Waals surface area contributed by atoms with Crippen molar-refractivity contribution in [2.45, 2.75) is 71.5 Å². The Kier molecular flexibility index (Phi) is 9.82. The summed E-state index contributed by atoms with van der Waals surface area (Å²) in [5.74, 6) is -0.0866. The van der Waals surface area contributed by atoms with Gasteiger partial charge in [-0.05, 0) is 45.7 Å². The number of benzene rings is 2. The van der Waals surface area contributed by atoms with Gasteiger partial charge in [-0.1, -0.05) is 60.7 Å². The fourth-order valence-electron chi connectivity index (χ4n) is 4.17. The van der Waals surface area contributed by atoms with Crippen LogP contribution in [0.1, 0.15) is 45.7 Å². The van der Waals surface area contributed by atoms with Crippen LogP contribution in [0.3, 0.4) is 0 Å². The van der Waals surface area contributed by atoms with Gasteiger partial charge in [-0.25, -0.2) is 9.59 Å². The van der Waals surface area contributed by atoms with Crippen LogP contribution in [-0.2, 0) is 41.8 Å². The third-order valence-electron chi connectivity index (χ3n) is 6.34. The molecule has 2 aromatic carbocycles. The number of aldehydes is 1. The molecule has 0 N–H and O–H groups in total. The van der Waals surface area contributed by atoms with E-state index in [1.165, 1.54) is 16.7 Å². The Morgan fingerprint density at radius 2 is 1.23 bits per heavy atom. The first kappa shape index (κ1) is 29.8. The van der Waals surface area contributed by atoms with E-state index in [0.717, 1.165) is 11.1 Å². The molecule has 0 radical (unpaired) electrons. The lowest BCUT2D eigenvalue weighted by Gasteiger charge is -2.28. The molecule has 0 unspecified atom stereocenters. The van der Waals surface area contributed by atoms with Crippen molar-refractivity contribution in [2.75, 3.05) is 13.1 Å².